The van der Waals surface area contributed by atoms with Gasteiger partial charge in [0.15, 0.2) is 0 Å². The van der Waals surface area contributed by atoms with Crippen molar-refractivity contribution >= 4 is 6.02 Å². The van der Waals surface area contributed by atoms with E-state index in [0.29, 0.717) is 12.6 Å². The number of nitrogens with two attached hydrogens (primary N) is 1. The number of ether oxygens (including phenoxy) is 1. The summed E-state index contributed by atoms with van der Waals surface area (Å²) in [6.07, 6.45) is 2.65. The average Bonchev–Trinajstić information content (AvgIpc) is 2.88. The molecular formula is C18H17FN2O. The van der Waals surface area contributed by atoms with Crippen molar-refractivity contribution in [2.75, 3.05) is 6.54 Å². The maximum absolute atomic E-state index is 13.1. The lowest BCUT2D eigenvalue weighted by molar-refractivity contribution is 0.0704. The van der Waals surface area contributed by atoms with Crippen LogP contribution in [0.5, 0.6) is 0 Å². The van der Waals surface area contributed by atoms with Crippen LogP contribution in [0.2, 0.25) is 0 Å². The number of fused-ring (bicyclic) bond motifs is 1. The Morgan fingerprint density at radius 3 is 2.68 bits per heavy atom. The number of nitrogens with zero attached hydrogens (tertiary/aromatic N) is 1. The maximum atomic E-state index is 13.1. The molecule has 2 aliphatic rings. The van der Waals surface area contributed by atoms with Crippen molar-refractivity contribution in [3.05, 3.63) is 59.4 Å². The van der Waals surface area contributed by atoms with Gasteiger partial charge in [0.1, 0.15) is 11.4 Å². The van der Waals surface area contributed by atoms with E-state index in [1.165, 1.54) is 28.8 Å². The summed E-state index contributed by atoms with van der Waals surface area (Å²) < 4.78 is 18.9. The van der Waals surface area contributed by atoms with Crippen molar-refractivity contribution in [2.45, 2.75) is 24.9 Å². The van der Waals surface area contributed by atoms with Crippen molar-refractivity contribution in [3.8, 4) is 11.1 Å². The van der Waals surface area contributed by atoms with Gasteiger partial charge in [-0.2, -0.15) is 0 Å². The Labute approximate surface area is 128 Å². The summed E-state index contributed by atoms with van der Waals surface area (Å²) in [4.78, 5) is 4.21. The van der Waals surface area contributed by atoms with Gasteiger partial charge in [-0.3, -0.25) is 0 Å². The molecular weight excluding hydrogens is 279 g/mol. The molecule has 1 aliphatic carbocycles. The Bertz CT molecular complexity index is 754. The smallest absolute Gasteiger partial charge is 0.282 e. The monoisotopic (exact) mass is 296 g/mol. The van der Waals surface area contributed by atoms with E-state index in [1.807, 2.05) is 12.1 Å². The van der Waals surface area contributed by atoms with Crippen LogP contribution in [0.25, 0.3) is 11.1 Å². The van der Waals surface area contributed by atoms with E-state index in [1.54, 1.807) is 0 Å². The highest BCUT2D eigenvalue weighted by Crippen LogP contribution is 2.38. The third-order valence-corrected chi connectivity index (χ3v) is 4.62. The molecule has 2 N–H and O–H groups in total. The third kappa shape index (κ3) is 2.15. The third-order valence-electron chi connectivity index (χ3n) is 4.62. The molecule has 1 atom stereocenters. The summed E-state index contributed by atoms with van der Waals surface area (Å²) in [5.41, 5.74) is 10.3. The summed E-state index contributed by atoms with van der Waals surface area (Å²) in [5, 5.41) is 0. The van der Waals surface area contributed by atoms with Gasteiger partial charge in [-0.15, -0.1) is 0 Å². The average molecular weight is 296 g/mol. The molecule has 4 rings (SSSR count). The first-order chi connectivity index (χ1) is 10.7. The predicted octanol–water partition coefficient (Wildman–Crippen LogP) is 3.07. The van der Waals surface area contributed by atoms with Crippen LogP contribution >= 0.6 is 0 Å². The van der Waals surface area contributed by atoms with Crippen molar-refractivity contribution in [2.24, 2.45) is 10.7 Å². The van der Waals surface area contributed by atoms with Crippen molar-refractivity contribution < 1.29 is 9.13 Å². The summed E-state index contributed by atoms with van der Waals surface area (Å²) in [6, 6.07) is 13.3. The van der Waals surface area contributed by atoms with E-state index in [-0.39, 0.29) is 11.4 Å². The number of hydrogen-bond acceptors (Lipinski definition) is 3. The Kier molecular flexibility index (Phi) is 2.93. The molecule has 22 heavy (non-hydrogen) atoms. The predicted molar refractivity (Wildman–Crippen MR) is 84.2 cm³/mol. The molecule has 2 aromatic rings. The molecule has 0 bridgehead atoms. The van der Waals surface area contributed by atoms with Gasteiger partial charge >= 0.3 is 0 Å². The summed E-state index contributed by atoms with van der Waals surface area (Å²) >= 11 is 0. The molecule has 0 saturated carbocycles. The highest BCUT2D eigenvalue weighted by Gasteiger charge is 2.40. The minimum absolute atomic E-state index is 0.209. The van der Waals surface area contributed by atoms with Gasteiger partial charge in [0.05, 0.1) is 6.54 Å². The Hall–Kier alpha value is -2.36. The van der Waals surface area contributed by atoms with Crippen molar-refractivity contribution in [1.82, 2.24) is 0 Å². The fraction of sp³-hybridized carbons (Fsp3) is 0.278. The molecule has 1 unspecified atom stereocenters. The zero-order valence-corrected chi connectivity index (χ0v) is 12.2. The van der Waals surface area contributed by atoms with Gasteiger partial charge in [0.25, 0.3) is 6.02 Å². The van der Waals surface area contributed by atoms with E-state index in [2.05, 4.69) is 23.2 Å². The topological polar surface area (TPSA) is 47.6 Å². The lowest BCUT2D eigenvalue weighted by atomic mass is 9.78. The minimum atomic E-state index is -0.265. The molecule has 3 nitrogen and oxygen atoms in total. The summed E-state index contributed by atoms with van der Waals surface area (Å²) in [6.45, 7) is 0.638. The van der Waals surface area contributed by atoms with E-state index < -0.39 is 0 Å². The summed E-state index contributed by atoms with van der Waals surface area (Å²) in [7, 11) is 0. The zero-order chi connectivity index (χ0) is 15.2. The fourth-order valence-electron chi connectivity index (χ4n) is 3.51. The number of benzene rings is 2. The molecule has 0 aromatic heterocycles. The van der Waals surface area contributed by atoms with Crippen molar-refractivity contribution in [3.63, 3.8) is 0 Å². The van der Waals surface area contributed by atoms with Gasteiger partial charge in [-0.05, 0) is 47.2 Å². The second-order valence-electron chi connectivity index (χ2n) is 6.07. The molecule has 2 aromatic carbocycles. The van der Waals surface area contributed by atoms with Crippen LogP contribution < -0.4 is 5.73 Å². The van der Waals surface area contributed by atoms with Crippen LogP contribution in [-0.2, 0) is 17.6 Å². The zero-order valence-electron chi connectivity index (χ0n) is 12.2. The highest BCUT2D eigenvalue weighted by molar-refractivity contribution is 5.74. The Morgan fingerprint density at radius 2 is 1.95 bits per heavy atom. The van der Waals surface area contributed by atoms with Gasteiger partial charge < -0.3 is 10.5 Å². The molecule has 0 saturated heterocycles. The van der Waals surface area contributed by atoms with Gasteiger partial charge in [0.2, 0.25) is 0 Å². The molecule has 0 radical (unpaired) electrons. The minimum Gasteiger partial charge on any atom is -0.456 e. The lowest BCUT2D eigenvalue weighted by Crippen LogP contribution is -2.40. The lowest BCUT2D eigenvalue weighted by Gasteiger charge is -2.34. The highest BCUT2D eigenvalue weighted by atomic mass is 19.1. The van der Waals surface area contributed by atoms with Crippen LogP contribution in [0.3, 0.4) is 0 Å². The molecule has 1 aliphatic heterocycles. The van der Waals surface area contributed by atoms with E-state index in [9.17, 15) is 4.39 Å². The number of halogens is 1. The number of aliphatic imine (C=N–C) groups is 1. The molecule has 1 spiro atoms. The fourth-order valence-corrected chi connectivity index (χ4v) is 3.51. The van der Waals surface area contributed by atoms with Gasteiger partial charge in [0, 0.05) is 6.42 Å². The Balaban J connectivity index is 1.71. The van der Waals surface area contributed by atoms with Crippen molar-refractivity contribution in [1.29, 1.82) is 0 Å². The quantitative estimate of drug-likeness (QED) is 0.879. The van der Waals surface area contributed by atoms with Crippen LogP contribution in [0.4, 0.5) is 4.39 Å². The maximum Gasteiger partial charge on any atom is 0.282 e. The molecule has 4 heteroatoms. The first kappa shape index (κ1) is 13.3. The molecule has 0 fully saturated rings. The summed E-state index contributed by atoms with van der Waals surface area (Å²) in [5.74, 6) is -0.209. The largest absolute Gasteiger partial charge is 0.456 e. The second kappa shape index (κ2) is 4.83. The van der Waals surface area contributed by atoms with Gasteiger partial charge in [-0.25, -0.2) is 9.38 Å². The van der Waals surface area contributed by atoms with E-state index in [0.717, 1.165) is 24.8 Å². The Morgan fingerprint density at radius 1 is 1.14 bits per heavy atom. The van der Waals surface area contributed by atoms with Gasteiger partial charge in [-0.1, -0.05) is 30.3 Å². The van der Waals surface area contributed by atoms with E-state index in [4.69, 9.17) is 10.5 Å². The number of amidine groups is 1. The molecule has 0 amide bonds. The first-order valence-corrected chi connectivity index (χ1v) is 7.51. The number of hydrogen-bond donors (Lipinski definition) is 1. The van der Waals surface area contributed by atoms with Crippen LogP contribution in [-0.4, -0.2) is 18.2 Å². The SMILES string of the molecule is NC1=NCC2(CCc3c(cccc3-c3ccc(F)cc3)C2)O1. The number of rotatable bonds is 1. The van der Waals surface area contributed by atoms with E-state index >= 15 is 0 Å². The molecule has 112 valence electrons. The molecule has 1 heterocycles. The van der Waals surface area contributed by atoms with Crippen LogP contribution in [0, 0.1) is 5.82 Å². The van der Waals surface area contributed by atoms with Crippen LogP contribution in [0.15, 0.2) is 47.5 Å². The normalized spacial score (nSPS) is 23.0. The second-order valence-corrected chi connectivity index (χ2v) is 6.07. The first-order valence-electron chi connectivity index (χ1n) is 7.51. The standard InChI is InChI=1S/C18H17FN2O/c19-14-6-4-12(5-7-14)15-3-1-2-13-10-18(9-8-16(13)15)11-21-17(20)22-18/h1-7H,8-11H2,(H2,20,21). The van der Waals surface area contributed by atoms with Crippen LogP contribution in [0.1, 0.15) is 17.5 Å².